The third-order valence-electron chi connectivity index (χ3n) is 4.80. The average Bonchev–Trinajstić information content (AvgIpc) is 2.57. The fraction of sp³-hybridized carbons (Fsp3) is 0.429. The van der Waals surface area contributed by atoms with Gasteiger partial charge in [-0.3, -0.25) is 9.59 Å². The molecule has 0 aromatic heterocycles. The lowest BCUT2D eigenvalue weighted by Gasteiger charge is -2.37. The smallest absolute Gasteiger partial charge is 0.207 e. The number of hydrogen-bond donors (Lipinski definition) is 1. The topological polar surface area (TPSA) is 63.6 Å². The Morgan fingerprint density at radius 3 is 2.69 bits per heavy atom. The number of fused-ring (bicyclic) bond motifs is 1. The van der Waals surface area contributed by atoms with Gasteiger partial charge in [-0.05, 0) is 38.8 Å². The van der Waals surface area contributed by atoms with Gasteiger partial charge in [-0.25, -0.2) is 0 Å². The van der Waals surface area contributed by atoms with Crippen LogP contribution in [0.3, 0.4) is 0 Å². The molecule has 1 aliphatic heterocycles. The molecule has 26 heavy (non-hydrogen) atoms. The van der Waals surface area contributed by atoms with Crippen molar-refractivity contribution in [2.75, 3.05) is 0 Å². The maximum atomic E-state index is 12.4. The zero-order valence-electron chi connectivity index (χ0n) is 15.8. The molecule has 0 unspecified atom stereocenters. The number of hydrogen-bond acceptors (Lipinski definition) is 4. The SMILES string of the molecule is CC[C@H](C)/C=C(C)/C=C/C1=CC2=C(Cl)C(=O)[C@](C)(O)[C@@H](C(C)=O)C2=CO1. The van der Waals surface area contributed by atoms with Crippen LogP contribution in [0.15, 0.2) is 58.1 Å². The Labute approximate surface area is 159 Å². The molecule has 140 valence electrons. The lowest BCUT2D eigenvalue weighted by molar-refractivity contribution is -0.142. The highest BCUT2D eigenvalue weighted by Gasteiger charge is 2.50. The molecule has 3 atom stereocenters. The van der Waals surface area contributed by atoms with Gasteiger partial charge in [-0.15, -0.1) is 0 Å². The normalized spacial score (nSPS) is 27.7. The number of halogens is 1. The van der Waals surface area contributed by atoms with E-state index in [2.05, 4.69) is 19.9 Å². The van der Waals surface area contributed by atoms with Crippen LogP contribution in [0.1, 0.15) is 41.0 Å². The van der Waals surface area contributed by atoms with Crippen LogP contribution in [0.4, 0.5) is 0 Å². The Morgan fingerprint density at radius 2 is 2.12 bits per heavy atom. The lowest BCUT2D eigenvalue weighted by Crippen LogP contribution is -2.50. The van der Waals surface area contributed by atoms with Crippen molar-refractivity contribution in [3.05, 3.63) is 58.1 Å². The summed E-state index contributed by atoms with van der Waals surface area (Å²) in [4.78, 5) is 24.5. The van der Waals surface area contributed by atoms with E-state index in [1.54, 1.807) is 12.2 Å². The van der Waals surface area contributed by atoms with Crippen molar-refractivity contribution in [1.82, 2.24) is 0 Å². The van der Waals surface area contributed by atoms with Crippen molar-refractivity contribution in [3.63, 3.8) is 0 Å². The number of ether oxygens (including phenoxy) is 1. The van der Waals surface area contributed by atoms with E-state index in [1.165, 1.54) is 20.1 Å². The Balaban J connectivity index is 2.38. The number of ketones is 2. The van der Waals surface area contributed by atoms with Gasteiger partial charge in [0.1, 0.15) is 17.1 Å². The van der Waals surface area contributed by atoms with E-state index in [4.69, 9.17) is 16.3 Å². The highest BCUT2D eigenvalue weighted by Crippen LogP contribution is 2.43. The first-order chi connectivity index (χ1) is 12.1. The molecule has 0 saturated heterocycles. The summed E-state index contributed by atoms with van der Waals surface area (Å²) in [6.07, 6.45) is 9.98. The summed E-state index contributed by atoms with van der Waals surface area (Å²) in [5, 5.41) is 10.4. The Kier molecular flexibility index (Phi) is 6.09. The minimum absolute atomic E-state index is 0.0835. The Hall–Kier alpha value is -1.91. The zero-order valence-corrected chi connectivity index (χ0v) is 16.6. The van der Waals surface area contributed by atoms with Gasteiger partial charge >= 0.3 is 0 Å². The number of Topliss-reactive ketones (excluding diaryl/α,β-unsaturated/α-hetero) is 2. The first-order valence-corrected chi connectivity index (χ1v) is 9.10. The molecule has 4 nitrogen and oxygen atoms in total. The minimum Gasteiger partial charge on any atom is -0.465 e. The molecule has 0 radical (unpaired) electrons. The molecule has 0 aromatic rings. The monoisotopic (exact) mass is 376 g/mol. The van der Waals surface area contributed by atoms with E-state index < -0.39 is 17.3 Å². The summed E-state index contributed by atoms with van der Waals surface area (Å²) in [7, 11) is 0. The van der Waals surface area contributed by atoms with Crippen LogP contribution in [0.5, 0.6) is 0 Å². The Morgan fingerprint density at radius 1 is 1.46 bits per heavy atom. The molecule has 0 aromatic carbocycles. The van der Waals surface area contributed by atoms with Crippen molar-refractivity contribution in [1.29, 1.82) is 0 Å². The number of carbonyl (C=O) groups is 2. The molecule has 1 heterocycles. The first kappa shape index (κ1) is 20.4. The molecule has 1 aliphatic carbocycles. The average molecular weight is 377 g/mol. The second-order valence-corrected chi connectivity index (χ2v) is 7.49. The number of aliphatic hydroxyl groups is 1. The van der Waals surface area contributed by atoms with Gasteiger partial charge in [-0.2, -0.15) is 0 Å². The summed E-state index contributed by atoms with van der Waals surface area (Å²) in [6, 6.07) is 0. The summed E-state index contributed by atoms with van der Waals surface area (Å²) in [5.74, 6) is -0.976. The fourth-order valence-corrected chi connectivity index (χ4v) is 3.54. The van der Waals surface area contributed by atoms with Gasteiger partial charge < -0.3 is 9.84 Å². The third kappa shape index (κ3) is 3.92. The lowest BCUT2D eigenvalue weighted by atomic mass is 9.70. The van der Waals surface area contributed by atoms with Crippen LogP contribution in [0.2, 0.25) is 0 Å². The fourth-order valence-electron chi connectivity index (χ4n) is 3.18. The van der Waals surface area contributed by atoms with Crippen molar-refractivity contribution >= 4 is 23.2 Å². The van der Waals surface area contributed by atoms with Crippen molar-refractivity contribution in [2.45, 2.75) is 46.6 Å². The molecule has 0 spiro atoms. The summed E-state index contributed by atoms with van der Waals surface area (Å²) in [5.41, 5.74) is 0.0789. The van der Waals surface area contributed by atoms with Crippen LogP contribution in [-0.2, 0) is 14.3 Å². The second-order valence-electron chi connectivity index (χ2n) is 7.12. The Bertz CT molecular complexity index is 778. The molecular weight excluding hydrogens is 352 g/mol. The molecular formula is C21H25ClO4. The van der Waals surface area contributed by atoms with E-state index in [0.717, 1.165) is 12.0 Å². The van der Waals surface area contributed by atoms with E-state index in [0.29, 0.717) is 22.8 Å². The predicted octanol–water partition coefficient (Wildman–Crippen LogP) is 4.36. The highest BCUT2D eigenvalue weighted by molar-refractivity contribution is 6.45. The number of allylic oxidation sites excluding steroid dienone is 6. The van der Waals surface area contributed by atoms with Crippen LogP contribution in [0, 0.1) is 11.8 Å². The van der Waals surface area contributed by atoms with Crippen LogP contribution in [-0.4, -0.2) is 22.3 Å². The molecule has 0 saturated carbocycles. The van der Waals surface area contributed by atoms with E-state index in [-0.39, 0.29) is 10.8 Å². The van der Waals surface area contributed by atoms with Crippen LogP contribution < -0.4 is 0 Å². The molecule has 2 aliphatic rings. The maximum Gasteiger partial charge on any atom is 0.207 e. The van der Waals surface area contributed by atoms with Crippen molar-refractivity contribution in [2.24, 2.45) is 11.8 Å². The van der Waals surface area contributed by atoms with Gasteiger partial charge in [-0.1, -0.05) is 49.6 Å². The van der Waals surface area contributed by atoms with E-state index in [9.17, 15) is 14.7 Å². The third-order valence-corrected chi connectivity index (χ3v) is 5.17. The largest absolute Gasteiger partial charge is 0.465 e. The van der Waals surface area contributed by atoms with Gasteiger partial charge in [0.25, 0.3) is 0 Å². The molecule has 2 rings (SSSR count). The van der Waals surface area contributed by atoms with E-state index in [1.807, 2.05) is 13.0 Å². The standard InChI is InChI=1S/C21H25ClO4/c1-6-12(2)9-13(3)7-8-15-10-16-17(11-26-15)18(14(4)23)21(5,25)20(24)19(16)22/h7-12,18,25H,6H2,1-5H3/b8-7+,13-9+/t12-,18-,21+/m0/s1. The molecule has 0 amide bonds. The maximum absolute atomic E-state index is 12.4. The molecule has 0 fully saturated rings. The zero-order chi connectivity index (χ0) is 19.6. The van der Waals surface area contributed by atoms with Crippen LogP contribution >= 0.6 is 11.6 Å². The van der Waals surface area contributed by atoms with Gasteiger partial charge in [0.05, 0.1) is 17.2 Å². The number of rotatable bonds is 5. The van der Waals surface area contributed by atoms with Crippen molar-refractivity contribution < 1.29 is 19.4 Å². The van der Waals surface area contributed by atoms with Gasteiger partial charge in [0, 0.05) is 11.1 Å². The predicted molar refractivity (Wildman–Crippen MR) is 102 cm³/mol. The quantitative estimate of drug-likeness (QED) is 0.724. The second kappa shape index (κ2) is 7.77. The summed E-state index contributed by atoms with van der Waals surface area (Å²) in [6.45, 7) is 8.93. The van der Waals surface area contributed by atoms with Gasteiger partial charge in [0.15, 0.2) is 0 Å². The minimum atomic E-state index is -1.88. The number of carbonyl (C=O) groups excluding carboxylic acids is 2. The molecule has 0 bridgehead atoms. The summed E-state index contributed by atoms with van der Waals surface area (Å²) < 4.78 is 5.60. The molecule has 1 N–H and O–H groups in total. The highest BCUT2D eigenvalue weighted by atomic mass is 35.5. The van der Waals surface area contributed by atoms with E-state index >= 15 is 0 Å². The van der Waals surface area contributed by atoms with Crippen molar-refractivity contribution in [3.8, 4) is 0 Å². The van der Waals surface area contributed by atoms with Crippen LogP contribution in [0.25, 0.3) is 0 Å². The summed E-state index contributed by atoms with van der Waals surface area (Å²) >= 11 is 6.19. The van der Waals surface area contributed by atoms with Gasteiger partial charge in [0.2, 0.25) is 5.78 Å². The first-order valence-electron chi connectivity index (χ1n) is 8.72. The molecule has 5 heteroatoms.